The fourth-order valence-corrected chi connectivity index (χ4v) is 2.24. The maximum atomic E-state index is 5.92. The van der Waals surface area contributed by atoms with Crippen LogP contribution in [0.25, 0.3) is 11.0 Å². The molecule has 0 saturated heterocycles. The van der Waals surface area contributed by atoms with Gasteiger partial charge in [0.15, 0.2) is 0 Å². The molecule has 0 aliphatic rings. The van der Waals surface area contributed by atoms with Gasteiger partial charge in [-0.05, 0) is 18.6 Å². The molecule has 2 rings (SSSR count). The molecule has 0 aliphatic heterocycles. The number of hydrogen-bond donors (Lipinski definition) is 1. The zero-order valence-corrected chi connectivity index (χ0v) is 11.5. The van der Waals surface area contributed by atoms with Crippen molar-refractivity contribution in [3.8, 4) is 5.75 Å². The number of nitrogens with two attached hydrogens (primary N) is 1. The Bertz CT molecular complexity index is 555. The van der Waals surface area contributed by atoms with Crippen LogP contribution in [-0.2, 0) is 12.5 Å². The molecule has 0 spiro atoms. The zero-order chi connectivity index (χ0) is 13.3. The lowest BCUT2D eigenvalue weighted by atomic mass is 9.87. The van der Waals surface area contributed by atoms with Crippen LogP contribution >= 0.6 is 0 Å². The molecule has 18 heavy (non-hydrogen) atoms. The van der Waals surface area contributed by atoms with Gasteiger partial charge < -0.3 is 15.0 Å². The monoisotopic (exact) mass is 247 g/mol. The van der Waals surface area contributed by atoms with Crippen LogP contribution in [0, 0.1) is 0 Å². The molecule has 0 saturated carbocycles. The standard InChI is InChI=1S/C14H21N3O/c1-5-14(2,9-15)13-16-11-8-10(18-4)6-7-12(11)17(13)3/h6-8H,5,9,15H2,1-4H3. The first kappa shape index (κ1) is 12.9. The Morgan fingerprint density at radius 2 is 2.17 bits per heavy atom. The minimum absolute atomic E-state index is 0.0823. The molecular weight excluding hydrogens is 226 g/mol. The van der Waals surface area contributed by atoms with E-state index in [9.17, 15) is 0 Å². The van der Waals surface area contributed by atoms with Gasteiger partial charge in [-0.2, -0.15) is 0 Å². The third kappa shape index (κ3) is 1.86. The number of aryl methyl sites for hydroxylation is 1. The first-order valence-corrected chi connectivity index (χ1v) is 6.26. The van der Waals surface area contributed by atoms with Crippen molar-refractivity contribution in [3.05, 3.63) is 24.0 Å². The van der Waals surface area contributed by atoms with Crippen molar-refractivity contribution in [1.29, 1.82) is 0 Å². The Morgan fingerprint density at radius 3 is 2.72 bits per heavy atom. The molecule has 0 bridgehead atoms. The number of ether oxygens (including phenoxy) is 1. The van der Waals surface area contributed by atoms with Crippen LogP contribution in [0.15, 0.2) is 18.2 Å². The highest BCUT2D eigenvalue weighted by atomic mass is 16.5. The summed E-state index contributed by atoms with van der Waals surface area (Å²) in [7, 11) is 3.71. The van der Waals surface area contributed by atoms with E-state index in [1.165, 1.54) is 0 Å². The first-order valence-electron chi connectivity index (χ1n) is 6.26. The summed E-state index contributed by atoms with van der Waals surface area (Å²) in [5.41, 5.74) is 7.90. The van der Waals surface area contributed by atoms with Crippen LogP contribution in [0.1, 0.15) is 26.1 Å². The van der Waals surface area contributed by atoms with Gasteiger partial charge in [-0.3, -0.25) is 0 Å². The lowest BCUT2D eigenvalue weighted by Crippen LogP contribution is -2.33. The molecular formula is C14H21N3O. The molecule has 0 fully saturated rings. The maximum absolute atomic E-state index is 5.92. The summed E-state index contributed by atoms with van der Waals surface area (Å²) >= 11 is 0. The lowest BCUT2D eigenvalue weighted by molar-refractivity contribution is 0.415. The molecule has 4 heteroatoms. The van der Waals surface area contributed by atoms with E-state index in [2.05, 4.69) is 18.4 Å². The van der Waals surface area contributed by atoms with Crippen molar-refractivity contribution in [1.82, 2.24) is 9.55 Å². The van der Waals surface area contributed by atoms with Crippen molar-refractivity contribution < 1.29 is 4.74 Å². The lowest BCUT2D eigenvalue weighted by Gasteiger charge is -2.25. The number of rotatable bonds is 4. The van der Waals surface area contributed by atoms with E-state index in [-0.39, 0.29) is 5.41 Å². The van der Waals surface area contributed by atoms with E-state index in [0.717, 1.165) is 29.0 Å². The molecule has 0 aliphatic carbocycles. The predicted molar refractivity (Wildman–Crippen MR) is 74.0 cm³/mol. The number of imidazole rings is 1. The van der Waals surface area contributed by atoms with Crippen LogP contribution in [0.2, 0.25) is 0 Å². The minimum Gasteiger partial charge on any atom is -0.497 e. The van der Waals surface area contributed by atoms with Gasteiger partial charge in [0.25, 0.3) is 0 Å². The van der Waals surface area contributed by atoms with Crippen molar-refractivity contribution in [3.63, 3.8) is 0 Å². The second-order valence-electron chi connectivity index (χ2n) is 4.97. The van der Waals surface area contributed by atoms with Gasteiger partial charge in [-0.15, -0.1) is 0 Å². The topological polar surface area (TPSA) is 53.1 Å². The maximum Gasteiger partial charge on any atom is 0.121 e. The van der Waals surface area contributed by atoms with Crippen LogP contribution in [0.4, 0.5) is 0 Å². The number of aromatic nitrogens is 2. The fourth-order valence-electron chi connectivity index (χ4n) is 2.24. The Hall–Kier alpha value is -1.55. The molecule has 0 amide bonds. The molecule has 2 N–H and O–H groups in total. The van der Waals surface area contributed by atoms with Crippen molar-refractivity contribution in [2.75, 3.05) is 13.7 Å². The number of hydrogen-bond acceptors (Lipinski definition) is 3. The summed E-state index contributed by atoms with van der Waals surface area (Å²) in [6.45, 7) is 4.90. The van der Waals surface area contributed by atoms with Gasteiger partial charge >= 0.3 is 0 Å². The van der Waals surface area contributed by atoms with E-state index in [0.29, 0.717) is 6.54 Å². The van der Waals surface area contributed by atoms with Gasteiger partial charge in [0, 0.05) is 25.1 Å². The Morgan fingerprint density at radius 1 is 1.44 bits per heavy atom. The van der Waals surface area contributed by atoms with E-state index < -0.39 is 0 Å². The second kappa shape index (κ2) is 4.61. The zero-order valence-electron chi connectivity index (χ0n) is 11.5. The predicted octanol–water partition coefficient (Wildman–Crippen LogP) is 2.21. The third-order valence-electron chi connectivity index (χ3n) is 3.86. The van der Waals surface area contributed by atoms with E-state index in [1.54, 1.807) is 7.11 Å². The summed E-state index contributed by atoms with van der Waals surface area (Å²) in [6, 6.07) is 5.96. The van der Waals surface area contributed by atoms with E-state index >= 15 is 0 Å². The van der Waals surface area contributed by atoms with Gasteiger partial charge in [0.05, 0.1) is 18.1 Å². The third-order valence-corrected chi connectivity index (χ3v) is 3.86. The van der Waals surface area contributed by atoms with Crippen LogP contribution in [0.5, 0.6) is 5.75 Å². The summed E-state index contributed by atoms with van der Waals surface area (Å²) in [6.07, 6.45) is 0.970. The van der Waals surface area contributed by atoms with Crippen LogP contribution < -0.4 is 10.5 Å². The number of methoxy groups -OCH3 is 1. The van der Waals surface area contributed by atoms with Crippen molar-refractivity contribution in [2.24, 2.45) is 12.8 Å². The van der Waals surface area contributed by atoms with Crippen LogP contribution in [0.3, 0.4) is 0 Å². The Kier molecular flexibility index (Phi) is 3.30. The van der Waals surface area contributed by atoms with Crippen molar-refractivity contribution >= 4 is 11.0 Å². The number of nitrogens with zero attached hydrogens (tertiary/aromatic N) is 2. The van der Waals surface area contributed by atoms with Crippen LogP contribution in [-0.4, -0.2) is 23.2 Å². The van der Waals surface area contributed by atoms with E-state index in [1.807, 2.05) is 25.2 Å². The summed E-state index contributed by atoms with van der Waals surface area (Å²) in [4.78, 5) is 4.74. The van der Waals surface area contributed by atoms with Gasteiger partial charge in [-0.1, -0.05) is 13.8 Å². The van der Waals surface area contributed by atoms with Gasteiger partial charge in [0.2, 0.25) is 0 Å². The average Bonchev–Trinajstić information content (AvgIpc) is 2.75. The highest BCUT2D eigenvalue weighted by Gasteiger charge is 2.28. The molecule has 4 nitrogen and oxygen atoms in total. The number of fused-ring (bicyclic) bond motifs is 1. The normalized spacial score (nSPS) is 14.7. The fraction of sp³-hybridized carbons (Fsp3) is 0.500. The highest BCUT2D eigenvalue weighted by Crippen LogP contribution is 2.29. The Labute approximate surface area is 108 Å². The molecule has 1 aromatic carbocycles. The molecule has 1 aromatic heterocycles. The largest absolute Gasteiger partial charge is 0.497 e. The van der Waals surface area contributed by atoms with E-state index in [4.69, 9.17) is 15.5 Å². The van der Waals surface area contributed by atoms with Gasteiger partial charge in [0.1, 0.15) is 11.6 Å². The molecule has 1 atom stereocenters. The second-order valence-corrected chi connectivity index (χ2v) is 4.97. The summed E-state index contributed by atoms with van der Waals surface area (Å²) < 4.78 is 7.37. The molecule has 2 aromatic rings. The average molecular weight is 247 g/mol. The Balaban J connectivity index is 2.63. The highest BCUT2D eigenvalue weighted by molar-refractivity contribution is 5.78. The molecule has 1 heterocycles. The van der Waals surface area contributed by atoms with Gasteiger partial charge in [-0.25, -0.2) is 4.98 Å². The SMILES string of the molecule is CCC(C)(CN)c1nc2cc(OC)ccc2n1C. The first-order chi connectivity index (χ1) is 8.55. The smallest absolute Gasteiger partial charge is 0.121 e. The quantitative estimate of drug-likeness (QED) is 0.901. The molecule has 1 unspecified atom stereocenters. The minimum atomic E-state index is -0.0823. The molecule has 0 radical (unpaired) electrons. The molecule has 98 valence electrons. The summed E-state index contributed by atoms with van der Waals surface area (Å²) in [5.74, 6) is 1.87. The van der Waals surface area contributed by atoms with Crippen molar-refractivity contribution in [2.45, 2.75) is 25.7 Å². The number of benzene rings is 1. The summed E-state index contributed by atoms with van der Waals surface area (Å²) in [5, 5.41) is 0.